The van der Waals surface area contributed by atoms with Crippen molar-refractivity contribution in [3.8, 4) is 0 Å². The molecule has 1 saturated carbocycles. The van der Waals surface area contributed by atoms with Crippen molar-refractivity contribution in [3.05, 3.63) is 29.8 Å². The lowest BCUT2D eigenvalue weighted by atomic mass is 9.60. The van der Waals surface area contributed by atoms with Crippen LogP contribution in [-0.2, 0) is 10.2 Å². The fourth-order valence-electron chi connectivity index (χ4n) is 9.37. The van der Waals surface area contributed by atoms with E-state index in [4.69, 9.17) is 4.74 Å². The summed E-state index contributed by atoms with van der Waals surface area (Å²) in [4.78, 5) is 2.39. The van der Waals surface area contributed by atoms with Gasteiger partial charge < -0.3 is 25.0 Å². The van der Waals surface area contributed by atoms with E-state index in [0.717, 1.165) is 19.3 Å². The molecule has 6 nitrogen and oxygen atoms in total. The van der Waals surface area contributed by atoms with Crippen molar-refractivity contribution in [3.63, 3.8) is 0 Å². The van der Waals surface area contributed by atoms with Gasteiger partial charge in [0, 0.05) is 44.5 Å². The van der Waals surface area contributed by atoms with Gasteiger partial charge in [-0.3, -0.25) is 4.48 Å². The van der Waals surface area contributed by atoms with Crippen LogP contribution in [0.15, 0.2) is 24.3 Å². The fourth-order valence-corrected chi connectivity index (χ4v) is 9.37. The van der Waals surface area contributed by atoms with Gasteiger partial charge >= 0.3 is 0 Å². The zero-order valence-corrected chi connectivity index (χ0v) is 18.2. The van der Waals surface area contributed by atoms with E-state index < -0.39 is 18.4 Å². The maximum atomic E-state index is 12.0. The summed E-state index contributed by atoms with van der Waals surface area (Å²) in [6.45, 7) is 2.96. The predicted molar refractivity (Wildman–Crippen MR) is 113 cm³/mol. The largest absolute Gasteiger partial charge is 0.392 e. The van der Waals surface area contributed by atoms with Crippen molar-refractivity contribution in [1.82, 2.24) is 0 Å². The fraction of sp³-hybridized carbons (Fsp3) is 0.750. The van der Waals surface area contributed by atoms with Gasteiger partial charge in [0.15, 0.2) is 6.23 Å². The molecule has 5 fully saturated rings. The maximum Gasteiger partial charge on any atom is 0.194 e. The van der Waals surface area contributed by atoms with Crippen molar-refractivity contribution >= 4 is 5.69 Å². The minimum atomic E-state index is -0.612. The highest BCUT2D eigenvalue weighted by Gasteiger charge is 2.83. The summed E-state index contributed by atoms with van der Waals surface area (Å²) in [5, 5.41) is 34.6. The molecule has 5 bridgehead atoms. The van der Waals surface area contributed by atoms with E-state index in [-0.39, 0.29) is 42.0 Å². The number of fused-ring (bicyclic) bond motifs is 2. The van der Waals surface area contributed by atoms with Crippen molar-refractivity contribution in [2.75, 3.05) is 32.2 Å². The third kappa shape index (κ3) is 1.91. The smallest absolute Gasteiger partial charge is 0.194 e. The SMILES string of the molecule is CC[C@H]1C2C[C@H]3[C@@H]4N(C)c5ccccc5C45C[C@@H](C2[C@H]5O)[N+]3(CC(O)COC)[C@@H]1O. The van der Waals surface area contributed by atoms with E-state index in [1.165, 1.54) is 11.3 Å². The first-order chi connectivity index (χ1) is 14.4. The number of hydrogen-bond donors (Lipinski definition) is 3. The molecule has 4 saturated heterocycles. The maximum absolute atomic E-state index is 12.0. The summed E-state index contributed by atoms with van der Waals surface area (Å²) in [7, 11) is 3.78. The van der Waals surface area contributed by atoms with E-state index in [0.29, 0.717) is 16.9 Å². The number of quaternary nitrogens is 1. The molecule has 5 heterocycles. The number of rotatable bonds is 5. The van der Waals surface area contributed by atoms with Gasteiger partial charge in [-0.05, 0) is 24.0 Å². The van der Waals surface area contributed by atoms with Gasteiger partial charge in [-0.1, -0.05) is 25.1 Å². The molecule has 7 rings (SSSR count). The van der Waals surface area contributed by atoms with Crippen molar-refractivity contribution in [1.29, 1.82) is 0 Å². The second-order valence-corrected chi connectivity index (χ2v) is 10.6. The number of benzene rings is 1. The molecule has 1 aromatic carbocycles. The number of likely N-dealkylation sites (N-methyl/N-ethyl adjacent to an activating group) is 1. The average molecular weight is 416 g/mol. The Morgan fingerprint density at radius 3 is 2.77 bits per heavy atom. The minimum Gasteiger partial charge on any atom is -0.392 e. The van der Waals surface area contributed by atoms with Crippen LogP contribution in [0.25, 0.3) is 0 Å². The quantitative estimate of drug-likeness (QED) is 0.628. The van der Waals surface area contributed by atoms with Gasteiger partial charge in [0.25, 0.3) is 0 Å². The van der Waals surface area contributed by atoms with Crippen molar-refractivity contribution in [2.24, 2.45) is 17.8 Å². The van der Waals surface area contributed by atoms with Gasteiger partial charge in [-0.25, -0.2) is 0 Å². The first-order valence-electron chi connectivity index (χ1n) is 11.7. The molecule has 5 unspecified atom stereocenters. The van der Waals surface area contributed by atoms with Crippen LogP contribution in [0.4, 0.5) is 5.69 Å². The van der Waals surface area contributed by atoms with Crippen LogP contribution in [-0.4, -0.2) is 83.7 Å². The van der Waals surface area contributed by atoms with Crippen LogP contribution >= 0.6 is 0 Å². The molecule has 1 spiro atoms. The number of piperidine rings is 4. The summed E-state index contributed by atoms with van der Waals surface area (Å²) in [5.41, 5.74) is 2.27. The highest BCUT2D eigenvalue weighted by atomic mass is 16.5. The monoisotopic (exact) mass is 415 g/mol. The van der Waals surface area contributed by atoms with E-state index in [2.05, 4.69) is 43.1 Å². The Bertz CT molecular complexity index is 865. The van der Waals surface area contributed by atoms with Crippen LogP contribution in [0.2, 0.25) is 0 Å². The topological polar surface area (TPSA) is 73.2 Å². The molecule has 0 amide bonds. The second kappa shape index (κ2) is 6.20. The molecular weight excluding hydrogens is 380 g/mol. The van der Waals surface area contributed by atoms with Crippen LogP contribution < -0.4 is 4.90 Å². The molecule has 164 valence electrons. The molecule has 3 N–H and O–H groups in total. The van der Waals surface area contributed by atoms with Gasteiger partial charge in [0.05, 0.1) is 30.2 Å². The Morgan fingerprint density at radius 1 is 1.27 bits per heavy atom. The van der Waals surface area contributed by atoms with E-state index >= 15 is 0 Å². The molecule has 6 aliphatic rings. The molecule has 1 aromatic rings. The molecule has 11 atom stereocenters. The summed E-state index contributed by atoms with van der Waals surface area (Å²) in [6.07, 6.45) is 1.35. The number of ether oxygens (including phenoxy) is 1. The normalized spacial score (nSPS) is 50.7. The third-order valence-electron chi connectivity index (χ3n) is 10.0. The van der Waals surface area contributed by atoms with Gasteiger partial charge in [0.2, 0.25) is 0 Å². The lowest BCUT2D eigenvalue weighted by Gasteiger charge is -2.68. The Kier molecular flexibility index (Phi) is 4.03. The van der Waals surface area contributed by atoms with Gasteiger partial charge in [-0.15, -0.1) is 0 Å². The van der Waals surface area contributed by atoms with Crippen LogP contribution in [0.5, 0.6) is 0 Å². The summed E-state index contributed by atoms with van der Waals surface area (Å²) < 4.78 is 5.82. The van der Waals surface area contributed by atoms with E-state index in [9.17, 15) is 15.3 Å². The van der Waals surface area contributed by atoms with Crippen molar-refractivity contribution < 1.29 is 24.5 Å². The van der Waals surface area contributed by atoms with Crippen LogP contribution in [0.1, 0.15) is 31.7 Å². The molecule has 5 aliphatic heterocycles. The van der Waals surface area contributed by atoms with Gasteiger partial charge in [0.1, 0.15) is 18.7 Å². The minimum absolute atomic E-state index is 0.151. The molecule has 1 aliphatic carbocycles. The third-order valence-corrected chi connectivity index (χ3v) is 10.0. The summed E-state index contributed by atoms with van der Waals surface area (Å²) in [5.74, 6) is 0.732. The standard InChI is InChI=1S/C24H35N2O4/c1-4-14-15-9-18-21-24(16-7-5-6-8-17(16)25(21)2)10-19(20(15)22(24)28)26(18,23(14)29)11-13(27)12-30-3/h5-8,13-15,18-23,27-29H,4,9-12H2,1-3H3/q+1/t13?,14-,15?,18-,19-,20?,21-,22+,23+,24?,26?/m0/s1. The average Bonchev–Trinajstić information content (AvgIpc) is 3.11. The number of anilines is 1. The van der Waals surface area contributed by atoms with E-state index in [1.54, 1.807) is 7.11 Å². The Morgan fingerprint density at radius 2 is 2.03 bits per heavy atom. The predicted octanol–water partition coefficient (Wildman–Crippen LogP) is 1.08. The molecule has 6 heteroatoms. The lowest BCUT2D eigenvalue weighted by molar-refractivity contribution is -1.04. The van der Waals surface area contributed by atoms with Crippen molar-refractivity contribution in [2.45, 2.75) is 68.2 Å². The summed E-state index contributed by atoms with van der Waals surface area (Å²) >= 11 is 0. The molecule has 30 heavy (non-hydrogen) atoms. The van der Waals surface area contributed by atoms with Gasteiger partial charge in [-0.2, -0.15) is 0 Å². The Balaban J connectivity index is 1.56. The number of methoxy groups -OCH3 is 1. The molecular formula is C24H35N2O4+. The zero-order chi connectivity index (χ0) is 21.0. The second-order valence-electron chi connectivity index (χ2n) is 10.6. The lowest BCUT2D eigenvalue weighted by Crippen LogP contribution is -2.83. The number of nitrogens with zero attached hydrogens (tertiary/aromatic N) is 2. The zero-order valence-electron chi connectivity index (χ0n) is 18.2. The summed E-state index contributed by atoms with van der Waals surface area (Å²) in [6, 6.07) is 9.15. The highest BCUT2D eigenvalue weighted by Crippen LogP contribution is 2.71. The number of para-hydroxylation sites is 1. The van der Waals surface area contributed by atoms with Crippen LogP contribution in [0.3, 0.4) is 0 Å². The number of aliphatic hydroxyl groups excluding tert-OH is 3. The first-order valence-corrected chi connectivity index (χ1v) is 11.7. The molecule has 0 aromatic heterocycles. The Labute approximate surface area is 178 Å². The molecule has 0 radical (unpaired) electrons. The first kappa shape index (κ1) is 19.5. The van der Waals surface area contributed by atoms with E-state index in [1.807, 2.05) is 0 Å². The van der Waals surface area contributed by atoms with Crippen LogP contribution in [0, 0.1) is 17.8 Å². The number of hydrogen-bond acceptors (Lipinski definition) is 5. The number of aliphatic hydroxyl groups is 3. The Hall–Kier alpha value is -1.18. The highest BCUT2D eigenvalue weighted by molar-refractivity contribution is 5.66.